The minimum atomic E-state index is -0.0253. The molecule has 2 N–H and O–H groups in total. The van der Waals surface area contributed by atoms with Gasteiger partial charge in [0.15, 0.2) is 5.78 Å². The monoisotopic (exact) mass is 443 g/mol. The number of likely N-dealkylation sites (N-methyl/N-ethyl adjacent to an activating group) is 1. The first-order chi connectivity index (χ1) is 16.0. The fraction of sp³-hybridized carbons (Fsp3) is 0.360. The van der Waals surface area contributed by atoms with Gasteiger partial charge in [-0.25, -0.2) is 0 Å². The summed E-state index contributed by atoms with van der Waals surface area (Å²) in [6.07, 6.45) is 2.72. The topological polar surface area (TPSA) is 91.5 Å². The van der Waals surface area contributed by atoms with Gasteiger partial charge in [-0.2, -0.15) is 9.97 Å². The molecule has 8 heteroatoms. The number of hydrogen-bond donors (Lipinski definition) is 1. The van der Waals surface area contributed by atoms with E-state index in [1.165, 1.54) is 18.1 Å². The maximum atomic E-state index is 11.5. The Morgan fingerprint density at radius 2 is 1.61 bits per heavy atom. The molecule has 0 spiro atoms. The lowest BCUT2D eigenvalue weighted by Crippen LogP contribution is -2.45. The van der Waals surface area contributed by atoms with E-state index in [0.717, 1.165) is 68.5 Å². The lowest BCUT2D eigenvalue weighted by molar-refractivity contribution is 0.101. The average molecular weight is 444 g/mol. The van der Waals surface area contributed by atoms with E-state index in [2.05, 4.69) is 61.0 Å². The summed E-state index contributed by atoms with van der Waals surface area (Å²) in [5.74, 6) is 2.07. The van der Waals surface area contributed by atoms with Gasteiger partial charge < -0.3 is 20.4 Å². The van der Waals surface area contributed by atoms with Crippen LogP contribution in [0.2, 0.25) is 0 Å². The number of benzene rings is 1. The van der Waals surface area contributed by atoms with Crippen molar-refractivity contribution in [3.05, 3.63) is 59.4 Å². The largest absolute Gasteiger partial charge is 0.368 e. The standard InChI is InChI=1S/C25H29N7O/c1-17(33)22-6-5-20(15-27-22)19-4-3-18-7-8-32(16-21(18)13-19)24-14-23(28-25(26)29-24)31-11-9-30(2)10-12-31/h3-6,13-15H,7-12,16H2,1-2H3,(H2,26,28,29). The molecule has 0 amide bonds. The first-order valence-electron chi connectivity index (χ1n) is 11.4. The van der Waals surface area contributed by atoms with E-state index >= 15 is 0 Å². The molecule has 33 heavy (non-hydrogen) atoms. The molecular weight excluding hydrogens is 414 g/mol. The van der Waals surface area contributed by atoms with Crippen LogP contribution in [0.15, 0.2) is 42.6 Å². The highest BCUT2D eigenvalue weighted by Gasteiger charge is 2.22. The third-order valence-electron chi connectivity index (χ3n) is 6.54. The van der Waals surface area contributed by atoms with Crippen LogP contribution >= 0.6 is 0 Å². The number of anilines is 3. The average Bonchev–Trinajstić information content (AvgIpc) is 2.83. The second-order valence-electron chi connectivity index (χ2n) is 8.88. The predicted octanol–water partition coefficient (Wildman–Crippen LogP) is 2.64. The van der Waals surface area contributed by atoms with Crippen LogP contribution in [0.4, 0.5) is 17.6 Å². The Morgan fingerprint density at radius 3 is 2.30 bits per heavy atom. The summed E-state index contributed by atoms with van der Waals surface area (Å²) in [5, 5.41) is 0. The summed E-state index contributed by atoms with van der Waals surface area (Å²) in [6.45, 7) is 7.10. The van der Waals surface area contributed by atoms with Crippen LogP contribution in [0.1, 0.15) is 28.5 Å². The highest BCUT2D eigenvalue weighted by atomic mass is 16.1. The van der Waals surface area contributed by atoms with Crippen molar-refractivity contribution in [1.29, 1.82) is 0 Å². The number of carbonyl (C=O) groups is 1. The predicted molar refractivity (Wildman–Crippen MR) is 131 cm³/mol. The number of rotatable bonds is 4. The number of hydrogen-bond acceptors (Lipinski definition) is 8. The normalized spacial score (nSPS) is 16.5. The Bertz CT molecular complexity index is 1170. The molecule has 170 valence electrons. The second-order valence-corrected chi connectivity index (χ2v) is 8.88. The van der Waals surface area contributed by atoms with Gasteiger partial charge in [0, 0.05) is 64.0 Å². The van der Waals surface area contributed by atoms with Crippen LogP contribution in [0.5, 0.6) is 0 Å². The number of ketones is 1. The molecule has 0 saturated carbocycles. The van der Waals surface area contributed by atoms with Gasteiger partial charge in [-0.15, -0.1) is 0 Å². The zero-order chi connectivity index (χ0) is 22.9. The quantitative estimate of drug-likeness (QED) is 0.616. The number of piperazine rings is 1. The smallest absolute Gasteiger partial charge is 0.223 e. The van der Waals surface area contributed by atoms with Gasteiger partial charge in [0.25, 0.3) is 0 Å². The molecule has 0 aliphatic carbocycles. The molecule has 0 atom stereocenters. The number of nitrogen functional groups attached to an aromatic ring is 1. The Labute approximate surface area is 194 Å². The van der Waals surface area contributed by atoms with E-state index in [1.54, 1.807) is 12.3 Å². The van der Waals surface area contributed by atoms with Crippen LogP contribution in [-0.2, 0) is 13.0 Å². The van der Waals surface area contributed by atoms with Crippen molar-refractivity contribution in [3.8, 4) is 11.1 Å². The molecule has 2 aromatic heterocycles. The fourth-order valence-corrected chi connectivity index (χ4v) is 4.50. The first kappa shape index (κ1) is 21.3. The maximum absolute atomic E-state index is 11.5. The molecule has 1 saturated heterocycles. The van der Waals surface area contributed by atoms with Crippen molar-refractivity contribution in [2.24, 2.45) is 0 Å². The lowest BCUT2D eigenvalue weighted by Gasteiger charge is -2.34. The SMILES string of the molecule is CC(=O)c1ccc(-c2ccc3c(c2)CN(c2cc(N4CCN(C)CC4)nc(N)n2)CC3)cn1. The zero-order valence-electron chi connectivity index (χ0n) is 19.2. The van der Waals surface area contributed by atoms with Crippen molar-refractivity contribution in [3.63, 3.8) is 0 Å². The molecule has 2 aliphatic rings. The van der Waals surface area contributed by atoms with Crippen LogP contribution in [-0.4, -0.2) is 65.4 Å². The minimum absolute atomic E-state index is 0.0253. The molecule has 0 bridgehead atoms. The van der Waals surface area contributed by atoms with Crippen LogP contribution < -0.4 is 15.5 Å². The molecule has 4 heterocycles. The van der Waals surface area contributed by atoms with Crippen molar-refractivity contribution >= 4 is 23.4 Å². The molecule has 0 radical (unpaired) electrons. The van der Waals surface area contributed by atoms with Crippen LogP contribution in [0.25, 0.3) is 11.1 Å². The fourth-order valence-electron chi connectivity index (χ4n) is 4.50. The zero-order valence-corrected chi connectivity index (χ0v) is 19.2. The van der Waals surface area contributed by atoms with E-state index in [1.807, 2.05) is 6.07 Å². The summed E-state index contributed by atoms with van der Waals surface area (Å²) in [6, 6.07) is 12.4. The number of aromatic nitrogens is 3. The van der Waals surface area contributed by atoms with E-state index in [4.69, 9.17) is 5.73 Å². The van der Waals surface area contributed by atoms with Crippen molar-refractivity contribution in [2.45, 2.75) is 19.9 Å². The summed E-state index contributed by atoms with van der Waals surface area (Å²) in [4.78, 5) is 31.8. The van der Waals surface area contributed by atoms with E-state index in [9.17, 15) is 4.79 Å². The number of fused-ring (bicyclic) bond motifs is 1. The van der Waals surface area contributed by atoms with E-state index in [-0.39, 0.29) is 5.78 Å². The van der Waals surface area contributed by atoms with Crippen molar-refractivity contribution in [2.75, 3.05) is 55.3 Å². The Balaban J connectivity index is 1.38. The molecule has 1 fully saturated rings. The molecular formula is C25H29N7O. The van der Waals surface area contributed by atoms with Crippen LogP contribution in [0, 0.1) is 0 Å². The number of carbonyl (C=O) groups excluding carboxylic acids is 1. The lowest BCUT2D eigenvalue weighted by atomic mass is 9.95. The molecule has 3 aromatic rings. The van der Waals surface area contributed by atoms with Gasteiger partial charge in [-0.1, -0.05) is 18.2 Å². The molecule has 8 nitrogen and oxygen atoms in total. The minimum Gasteiger partial charge on any atom is -0.368 e. The number of Topliss-reactive ketones (excluding diaryl/α,β-unsaturated/α-hetero) is 1. The summed E-state index contributed by atoms with van der Waals surface area (Å²) in [7, 11) is 2.14. The highest BCUT2D eigenvalue weighted by Crippen LogP contribution is 2.29. The summed E-state index contributed by atoms with van der Waals surface area (Å²) >= 11 is 0. The van der Waals surface area contributed by atoms with E-state index in [0.29, 0.717) is 11.6 Å². The Hall–Kier alpha value is -3.52. The highest BCUT2D eigenvalue weighted by molar-refractivity contribution is 5.92. The Morgan fingerprint density at radius 1 is 0.879 bits per heavy atom. The van der Waals surface area contributed by atoms with Gasteiger partial charge in [0.05, 0.1) is 0 Å². The molecule has 5 rings (SSSR count). The van der Waals surface area contributed by atoms with E-state index < -0.39 is 0 Å². The Kier molecular flexibility index (Phi) is 5.68. The number of nitrogens with zero attached hydrogens (tertiary/aromatic N) is 6. The second kappa shape index (κ2) is 8.78. The molecule has 0 unspecified atom stereocenters. The first-order valence-corrected chi connectivity index (χ1v) is 11.4. The number of nitrogens with two attached hydrogens (primary N) is 1. The van der Waals surface area contributed by atoms with Gasteiger partial charge >= 0.3 is 0 Å². The van der Waals surface area contributed by atoms with Crippen LogP contribution in [0.3, 0.4) is 0 Å². The van der Waals surface area contributed by atoms with Gasteiger partial charge in [-0.3, -0.25) is 9.78 Å². The third kappa shape index (κ3) is 4.52. The maximum Gasteiger partial charge on any atom is 0.223 e. The van der Waals surface area contributed by atoms with Crippen molar-refractivity contribution < 1.29 is 4.79 Å². The summed E-state index contributed by atoms with van der Waals surface area (Å²) < 4.78 is 0. The summed E-state index contributed by atoms with van der Waals surface area (Å²) in [5.41, 5.74) is 11.3. The third-order valence-corrected chi connectivity index (χ3v) is 6.54. The van der Waals surface area contributed by atoms with Gasteiger partial charge in [0.1, 0.15) is 17.3 Å². The van der Waals surface area contributed by atoms with Gasteiger partial charge in [-0.05, 0) is 42.3 Å². The van der Waals surface area contributed by atoms with Gasteiger partial charge in [0.2, 0.25) is 5.95 Å². The molecule has 2 aliphatic heterocycles. The molecule has 1 aromatic carbocycles. The number of pyridine rings is 1. The van der Waals surface area contributed by atoms with Crippen molar-refractivity contribution in [1.82, 2.24) is 19.9 Å².